The average molecular weight is 491 g/mol. The van der Waals surface area contributed by atoms with Crippen molar-refractivity contribution in [3.63, 3.8) is 0 Å². The second-order valence-corrected chi connectivity index (χ2v) is 10.1. The van der Waals surface area contributed by atoms with Gasteiger partial charge in [-0.2, -0.15) is 0 Å². The summed E-state index contributed by atoms with van der Waals surface area (Å²) < 4.78 is 39.9. The predicted octanol–water partition coefficient (Wildman–Crippen LogP) is 3.53. The molecule has 0 aliphatic carbocycles. The number of hydroxylamine groups is 1. The van der Waals surface area contributed by atoms with Crippen molar-refractivity contribution in [1.29, 1.82) is 0 Å². The van der Waals surface area contributed by atoms with Gasteiger partial charge in [0.25, 0.3) is 5.91 Å². The predicted molar refractivity (Wildman–Crippen MR) is 124 cm³/mol. The average Bonchev–Trinajstić information content (AvgIpc) is 3.35. The van der Waals surface area contributed by atoms with Gasteiger partial charge in [0.2, 0.25) is 0 Å². The fraction of sp³-hybridized carbons (Fsp3) is 0.500. The van der Waals surface area contributed by atoms with Crippen LogP contribution in [0, 0.1) is 5.82 Å². The van der Waals surface area contributed by atoms with E-state index in [0.29, 0.717) is 56.0 Å². The number of likely N-dealkylation sites (tertiary alicyclic amines) is 2. The van der Waals surface area contributed by atoms with E-state index in [4.69, 9.17) is 9.57 Å². The van der Waals surface area contributed by atoms with Gasteiger partial charge in [0, 0.05) is 75.0 Å². The summed E-state index contributed by atoms with van der Waals surface area (Å²) in [5.41, 5.74) is 1.53. The summed E-state index contributed by atoms with van der Waals surface area (Å²) in [6, 6.07) is 6.33. The summed E-state index contributed by atoms with van der Waals surface area (Å²) in [7, 11) is 1.49. The maximum Gasteiger partial charge on any atom is 0.260 e. The maximum absolute atomic E-state index is 15.7. The van der Waals surface area contributed by atoms with Gasteiger partial charge < -0.3 is 9.64 Å². The normalized spacial score (nSPS) is 21.5. The zero-order valence-electron chi connectivity index (χ0n) is 19.1. The minimum absolute atomic E-state index is 0.198. The molecule has 7 nitrogen and oxygen atoms in total. The number of fused-ring (bicyclic) bond motifs is 1. The standard InChI is InChI=1S/C24H28F2N4O3S/c1-32-28-20-15-23(33-21-3-2-17(25)14-19(20)21)5-12-30(13-6-23)22(31)24(26)7-10-29(11-8-24)16-18-4-9-27-34-18/h2-4,9,14-15,28H,5-8,10-13,16H2,1H3. The summed E-state index contributed by atoms with van der Waals surface area (Å²) in [6.45, 7) is 2.62. The number of amides is 1. The summed E-state index contributed by atoms with van der Waals surface area (Å²) in [4.78, 5) is 23.2. The van der Waals surface area contributed by atoms with Crippen LogP contribution in [0.4, 0.5) is 8.78 Å². The molecule has 1 aromatic heterocycles. The number of carbonyl (C=O) groups excluding carboxylic acids is 1. The number of carbonyl (C=O) groups is 1. The quantitative estimate of drug-likeness (QED) is 0.647. The van der Waals surface area contributed by atoms with Gasteiger partial charge >= 0.3 is 0 Å². The highest BCUT2D eigenvalue weighted by atomic mass is 32.1. The Labute approximate surface area is 201 Å². The third kappa shape index (κ3) is 4.54. The molecular formula is C24H28F2N4O3S. The molecule has 2 aromatic rings. The first-order valence-corrected chi connectivity index (χ1v) is 12.3. The van der Waals surface area contributed by atoms with Crippen molar-refractivity contribution in [2.75, 3.05) is 33.3 Å². The molecule has 0 radical (unpaired) electrons. The molecule has 34 heavy (non-hydrogen) atoms. The Morgan fingerprint density at radius 1 is 1.21 bits per heavy atom. The number of hydrogen-bond donors (Lipinski definition) is 1. The van der Waals surface area contributed by atoms with Gasteiger partial charge in [-0.05, 0) is 41.9 Å². The largest absolute Gasteiger partial charge is 0.482 e. The van der Waals surface area contributed by atoms with Crippen LogP contribution in [0.5, 0.6) is 5.75 Å². The van der Waals surface area contributed by atoms with Crippen molar-refractivity contribution in [2.24, 2.45) is 0 Å². The van der Waals surface area contributed by atoms with E-state index in [2.05, 4.69) is 14.8 Å². The van der Waals surface area contributed by atoms with Crippen LogP contribution >= 0.6 is 11.5 Å². The fourth-order valence-corrected chi connectivity index (χ4v) is 5.65. The minimum Gasteiger partial charge on any atom is -0.482 e. The monoisotopic (exact) mass is 490 g/mol. The lowest BCUT2D eigenvalue weighted by atomic mass is 9.85. The number of halogens is 2. The lowest BCUT2D eigenvalue weighted by Crippen LogP contribution is -2.56. The molecule has 2 fully saturated rings. The Balaban J connectivity index is 1.22. The highest BCUT2D eigenvalue weighted by Gasteiger charge is 2.47. The molecule has 0 atom stereocenters. The van der Waals surface area contributed by atoms with E-state index in [0.717, 1.165) is 11.4 Å². The first-order valence-electron chi connectivity index (χ1n) is 11.5. The zero-order valence-corrected chi connectivity index (χ0v) is 19.9. The molecule has 2 saturated heterocycles. The molecule has 3 aliphatic rings. The van der Waals surface area contributed by atoms with Gasteiger partial charge in [-0.1, -0.05) is 0 Å². The summed E-state index contributed by atoms with van der Waals surface area (Å²) in [5.74, 6) is -0.232. The van der Waals surface area contributed by atoms with Crippen molar-refractivity contribution < 1.29 is 23.1 Å². The van der Waals surface area contributed by atoms with E-state index >= 15 is 4.39 Å². The molecule has 1 spiro atoms. The van der Waals surface area contributed by atoms with E-state index in [-0.39, 0.29) is 18.7 Å². The molecule has 4 heterocycles. The first-order chi connectivity index (χ1) is 16.4. The number of rotatable bonds is 5. The number of nitrogens with zero attached hydrogens (tertiary/aromatic N) is 3. The molecule has 5 rings (SSSR count). The summed E-state index contributed by atoms with van der Waals surface area (Å²) in [5, 5.41) is 0. The molecule has 182 valence electrons. The fourth-order valence-electron chi connectivity index (χ4n) is 5.03. The number of benzene rings is 1. The van der Waals surface area contributed by atoms with Crippen molar-refractivity contribution in [3.05, 3.63) is 52.8 Å². The maximum atomic E-state index is 15.7. The molecule has 10 heteroatoms. The van der Waals surface area contributed by atoms with E-state index in [9.17, 15) is 9.18 Å². The van der Waals surface area contributed by atoms with Crippen LogP contribution in [-0.4, -0.2) is 64.6 Å². The van der Waals surface area contributed by atoms with Gasteiger partial charge in [-0.25, -0.2) is 13.2 Å². The molecule has 3 aliphatic heterocycles. The van der Waals surface area contributed by atoms with Crippen LogP contribution in [0.25, 0.3) is 5.70 Å². The lowest BCUT2D eigenvalue weighted by Gasteiger charge is -2.45. The van der Waals surface area contributed by atoms with Crippen molar-refractivity contribution in [3.8, 4) is 5.75 Å². The highest BCUT2D eigenvalue weighted by molar-refractivity contribution is 7.05. The van der Waals surface area contributed by atoms with Crippen LogP contribution in [0.3, 0.4) is 0 Å². The van der Waals surface area contributed by atoms with Crippen LogP contribution in [0.15, 0.2) is 36.5 Å². The Bertz CT molecular complexity index is 1060. The smallest absolute Gasteiger partial charge is 0.260 e. The number of alkyl halides is 1. The van der Waals surface area contributed by atoms with Gasteiger partial charge in [0.05, 0.1) is 12.8 Å². The minimum atomic E-state index is -1.83. The third-order valence-electron chi connectivity index (χ3n) is 6.96. The topological polar surface area (TPSA) is 66.9 Å². The molecule has 0 saturated carbocycles. The number of piperidine rings is 2. The number of aromatic nitrogens is 1. The van der Waals surface area contributed by atoms with Crippen LogP contribution < -0.4 is 10.2 Å². The van der Waals surface area contributed by atoms with Crippen molar-refractivity contribution >= 4 is 23.1 Å². The Morgan fingerprint density at radius 3 is 2.65 bits per heavy atom. The van der Waals surface area contributed by atoms with Crippen molar-refractivity contribution in [1.82, 2.24) is 19.7 Å². The first kappa shape index (κ1) is 23.2. The molecule has 0 unspecified atom stereocenters. The van der Waals surface area contributed by atoms with Gasteiger partial charge in [-0.3, -0.25) is 20.0 Å². The van der Waals surface area contributed by atoms with E-state index in [1.54, 1.807) is 17.2 Å². The molecule has 0 bridgehead atoms. The number of ether oxygens (including phenoxy) is 1. The van der Waals surface area contributed by atoms with Crippen LogP contribution in [0.2, 0.25) is 0 Å². The highest BCUT2D eigenvalue weighted by Crippen LogP contribution is 2.41. The second-order valence-electron chi connectivity index (χ2n) is 9.18. The van der Waals surface area contributed by atoms with Gasteiger partial charge in [0.1, 0.15) is 17.2 Å². The van der Waals surface area contributed by atoms with Crippen LogP contribution in [-0.2, 0) is 16.2 Å². The Hall–Kier alpha value is -2.56. The molecule has 1 aromatic carbocycles. The van der Waals surface area contributed by atoms with Crippen LogP contribution in [0.1, 0.15) is 36.1 Å². The van der Waals surface area contributed by atoms with Gasteiger partial charge in [0.15, 0.2) is 5.67 Å². The lowest BCUT2D eigenvalue weighted by molar-refractivity contribution is -0.150. The van der Waals surface area contributed by atoms with E-state index in [1.165, 1.54) is 30.8 Å². The van der Waals surface area contributed by atoms with Gasteiger partial charge in [-0.15, -0.1) is 0 Å². The SMILES string of the molecule is CONC1=CC2(CCN(C(=O)C3(F)CCN(Cc4ccns4)CC3)CC2)Oc2ccc(F)cc21. The Morgan fingerprint density at radius 2 is 1.97 bits per heavy atom. The Kier molecular flexibility index (Phi) is 6.30. The zero-order chi connectivity index (χ0) is 23.8. The van der Waals surface area contributed by atoms with E-state index < -0.39 is 17.2 Å². The summed E-state index contributed by atoms with van der Waals surface area (Å²) >= 11 is 1.45. The molecule has 1 amide bonds. The molecular weight excluding hydrogens is 462 g/mol. The summed E-state index contributed by atoms with van der Waals surface area (Å²) in [6.07, 6.45) is 5.08. The second kappa shape index (κ2) is 9.24. The number of hydrogen-bond acceptors (Lipinski definition) is 7. The number of nitrogens with one attached hydrogen (secondary N) is 1. The molecule has 1 N–H and O–H groups in total. The van der Waals surface area contributed by atoms with Crippen molar-refractivity contribution in [2.45, 2.75) is 43.5 Å². The third-order valence-corrected chi connectivity index (χ3v) is 7.69. The van der Waals surface area contributed by atoms with E-state index in [1.807, 2.05) is 12.1 Å².